The van der Waals surface area contributed by atoms with Crippen molar-refractivity contribution in [3.8, 4) is 0 Å². The maximum absolute atomic E-state index is 12.5. The second-order valence-electron chi connectivity index (χ2n) is 5.54. The summed E-state index contributed by atoms with van der Waals surface area (Å²) in [6, 6.07) is 2.94. The molecule has 0 aliphatic rings. The molecule has 0 saturated heterocycles. The van der Waals surface area contributed by atoms with Crippen LogP contribution >= 0.6 is 27.5 Å². The third-order valence-electron chi connectivity index (χ3n) is 3.28. The molecule has 0 spiro atoms. The Morgan fingerprint density at radius 1 is 1.19 bits per heavy atom. The third-order valence-corrected chi connectivity index (χ3v) is 4.48. The molecule has 0 N–H and O–H groups in total. The van der Waals surface area contributed by atoms with Crippen LogP contribution in [0.3, 0.4) is 0 Å². The first-order valence-electron chi connectivity index (χ1n) is 7.83. The number of benzene rings is 1. The molecule has 1 aromatic carbocycles. The Bertz CT molecular complexity index is 679. The van der Waals surface area contributed by atoms with Gasteiger partial charge < -0.3 is 14.2 Å². The molecule has 7 nitrogen and oxygen atoms in total. The molecule has 1 rings (SSSR count). The smallest absolute Gasteiger partial charge is 0.414 e. The van der Waals surface area contributed by atoms with Crippen molar-refractivity contribution in [1.29, 1.82) is 0 Å². The molecule has 0 aliphatic carbocycles. The zero-order chi connectivity index (χ0) is 19.9. The maximum Gasteiger partial charge on any atom is 0.414 e. The van der Waals surface area contributed by atoms with Gasteiger partial charge in [0.2, 0.25) is 0 Å². The van der Waals surface area contributed by atoms with Crippen molar-refractivity contribution in [3.63, 3.8) is 0 Å². The largest absolute Gasteiger partial charge is 0.469 e. The summed E-state index contributed by atoms with van der Waals surface area (Å²) < 4.78 is 15.1. The summed E-state index contributed by atoms with van der Waals surface area (Å²) in [5, 5.41) is 0.308. The van der Waals surface area contributed by atoms with E-state index < -0.39 is 18.0 Å². The highest BCUT2D eigenvalue weighted by molar-refractivity contribution is 9.10. The topological polar surface area (TPSA) is 82.1 Å². The maximum atomic E-state index is 12.5. The van der Waals surface area contributed by atoms with Crippen LogP contribution in [0.4, 0.5) is 10.5 Å². The van der Waals surface area contributed by atoms with E-state index in [-0.39, 0.29) is 30.3 Å². The molecule has 9 heteroatoms. The van der Waals surface area contributed by atoms with Gasteiger partial charge in [0.1, 0.15) is 0 Å². The van der Waals surface area contributed by atoms with Crippen molar-refractivity contribution in [2.75, 3.05) is 25.7 Å². The molecule has 0 heterocycles. The fourth-order valence-electron chi connectivity index (χ4n) is 2.09. The number of anilines is 1. The van der Waals surface area contributed by atoms with Crippen LogP contribution in [-0.4, -0.2) is 44.9 Å². The minimum Gasteiger partial charge on any atom is -0.469 e. The summed E-state index contributed by atoms with van der Waals surface area (Å²) in [7, 11) is 2.53. The van der Waals surface area contributed by atoms with Gasteiger partial charge in [-0.1, -0.05) is 11.6 Å². The van der Waals surface area contributed by atoms with Gasteiger partial charge in [0, 0.05) is 17.4 Å². The first kappa shape index (κ1) is 22.2. The number of carbonyl (C=O) groups is 3. The van der Waals surface area contributed by atoms with Crippen LogP contribution in [0.2, 0.25) is 5.02 Å². The number of hydrogen-bond donors (Lipinski definition) is 0. The molecule has 0 bridgehead atoms. The highest BCUT2D eigenvalue weighted by Gasteiger charge is 2.25. The Hall–Kier alpha value is -1.80. The van der Waals surface area contributed by atoms with E-state index in [0.717, 1.165) is 0 Å². The number of halogens is 2. The van der Waals surface area contributed by atoms with Gasteiger partial charge in [-0.15, -0.1) is 0 Å². The Morgan fingerprint density at radius 3 is 2.38 bits per heavy atom. The predicted molar refractivity (Wildman–Crippen MR) is 101 cm³/mol. The minimum atomic E-state index is -0.659. The van der Waals surface area contributed by atoms with Crippen LogP contribution in [0.1, 0.15) is 37.0 Å². The van der Waals surface area contributed by atoms with Crippen LogP contribution in [0.25, 0.3) is 0 Å². The fraction of sp³-hybridized carbons (Fsp3) is 0.471. The lowest BCUT2D eigenvalue weighted by Crippen LogP contribution is -2.35. The van der Waals surface area contributed by atoms with E-state index in [9.17, 15) is 14.4 Å². The first-order valence-corrected chi connectivity index (χ1v) is 9.00. The molecule has 1 amide bonds. The van der Waals surface area contributed by atoms with Crippen LogP contribution in [0, 0.1) is 0 Å². The fourth-order valence-corrected chi connectivity index (χ4v) is 2.59. The van der Waals surface area contributed by atoms with Crippen LogP contribution < -0.4 is 4.90 Å². The number of rotatable bonds is 7. The average molecular weight is 451 g/mol. The second kappa shape index (κ2) is 10.4. The molecule has 26 heavy (non-hydrogen) atoms. The molecule has 144 valence electrons. The number of carbonyl (C=O) groups excluding carboxylic acids is 3. The Kier molecular flexibility index (Phi) is 8.87. The SMILES string of the molecule is COC(=O)CCCN(C(=O)OC(C)C)c1cc(Cl)c(Br)cc1C(=O)OC. The van der Waals surface area contributed by atoms with Gasteiger partial charge in [-0.2, -0.15) is 0 Å². The highest BCUT2D eigenvalue weighted by Crippen LogP contribution is 2.33. The Labute approximate surface area is 165 Å². The molecule has 1 aromatic rings. The van der Waals surface area contributed by atoms with Gasteiger partial charge >= 0.3 is 18.0 Å². The van der Waals surface area contributed by atoms with Gasteiger partial charge in [-0.05, 0) is 48.3 Å². The van der Waals surface area contributed by atoms with Gasteiger partial charge in [0.25, 0.3) is 0 Å². The number of esters is 2. The van der Waals surface area contributed by atoms with E-state index >= 15 is 0 Å². The second-order valence-corrected chi connectivity index (χ2v) is 6.80. The highest BCUT2D eigenvalue weighted by atomic mass is 79.9. The summed E-state index contributed by atoms with van der Waals surface area (Å²) in [5.41, 5.74) is 0.378. The summed E-state index contributed by atoms with van der Waals surface area (Å²) in [5.74, 6) is -1.03. The number of ether oxygens (including phenoxy) is 3. The van der Waals surface area contributed by atoms with Gasteiger partial charge in [-0.3, -0.25) is 9.69 Å². The van der Waals surface area contributed by atoms with Crippen molar-refractivity contribution in [2.24, 2.45) is 0 Å². The van der Waals surface area contributed by atoms with Crippen LogP contribution in [0.5, 0.6) is 0 Å². The van der Waals surface area contributed by atoms with Crippen LogP contribution in [-0.2, 0) is 19.0 Å². The summed E-state index contributed by atoms with van der Waals surface area (Å²) >= 11 is 9.39. The van der Waals surface area contributed by atoms with E-state index in [1.54, 1.807) is 13.8 Å². The van der Waals surface area contributed by atoms with Gasteiger partial charge in [0.05, 0.1) is 36.6 Å². The van der Waals surface area contributed by atoms with Gasteiger partial charge in [0.15, 0.2) is 0 Å². The molecule has 0 atom stereocenters. The normalized spacial score (nSPS) is 10.4. The van der Waals surface area contributed by atoms with Crippen molar-refractivity contribution in [1.82, 2.24) is 0 Å². The van der Waals surface area contributed by atoms with E-state index in [1.165, 1.54) is 31.3 Å². The molecule has 0 unspecified atom stereocenters. The zero-order valence-corrected chi connectivity index (χ0v) is 17.3. The van der Waals surface area contributed by atoms with Crippen molar-refractivity contribution in [3.05, 3.63) is 27.2 Å². The van der Waals surface area contributed by atoms with E-state index in [4.69, 9.17) is 21.1 Å². The number of methoxy groups -OCH3 is 2. The van der Waals surface area contributed by atoms with Crippen molar-refractivity contribution >= 4 is 51.3 Å². The lowest BCUT2D eigenvalue weighted by atomic mass is 10.1. The van der Waals surface area contributed by atoms with Crippen LogP contribution in [0.15, 0.2) is 16.6 Å². The molecule has 0 aliphatic heterocycles. The Morgan fingerprint density at radius 2 is 1.85 bits per heavy atom. The lowest BCUT2D eigenvalue weighted by Gasteiger charge is -2.25. The van der Waals surface area contributed by atoms with Crippen molar-refractivity contribution in [2.45, 2.75) is 32.8 Å². The molecular weight excluding hydrogens is 430 g/mol. The van der Waals surface area contributed by atoms with E-state index in [2.05, 4.69) is 20.7 Å². The molecular formula is C17H21BrClNO6. The molecule has 0 fully saturated rings. The first-order chi connectivity index (χ1) is 12.2. The summed E-state index contributed by atoms with van der Waals surface area (Å²) in [4.78, 5) is 37.3. The van der Waals surface area contributed by atoms with Crippen molar-refractivity contribution < 1.29 is 28.6 Å². The van der Waals surface area contributed by atoms with E-state index in [1.807, 2.05) is 0 Å². The summed E-state index contributed by atoms with van der Waals surface area (Å²) in [6.07, 6.45) is -0.597. The third kappa shape index (κ3) is 6.17. The Balaban J connectivity index is 3.27. The number of nitrogens with zero attached hydrogens (tertiary/aromatic N) is 1. The predicted octanol–water partition coefficient (Wildman–Crippen LogP) is 4.19. The standard InChI is InChI=1S/C17H21BrClNO6/c1-10(2)26-17(23)20(7-5-6-15(21)24-3)14-9-13(19)12(18)8-11(14)16(22)25-4/h8-10H,5-7H2,1-4H3. The quantitative estimate of drug-likeness (QED) is 0.457. The minimum absolute atomic E-state index is 0.111. The summed E-state index contributed by atoms with van der Waals surface area (Å²) in [6.45, 7) is 3.54. The monoisotopic (exact) mass is 449 g/mol. The van der Waals surface area contributed by atoms with Gasteiger partial charge in [-0.25, -0.2) is 9.59 Å². The number of hydrogen-bond acceptors (Lipinski definition) is 6. The number of amides is 1. The average Bonchev–Trinajstić information content (AvgIpc) is 2.59. The molecule has 0 radical (unpaired) electrons. The molecule has 0 aromatic heterocycles. The zero-order valence-electron chi connectivity index (χ0n) is 15.0. The molecule has 0 saturated carbocycles. The van der Waals surface area contributed by atoms with E-state index in [0.29, 0.717) is 15.9 Å². The lowest BCUT2D eigenvalue weighted by molar-refractivity contribution is -0.140.